The molecule has 1 saturated heterocycles. The summed E-state index contributed by atoms with van der Waals surface area (Å²) in [5.41, 5.74) is 4.02. The van der Waals surface area contributed by atoms with Crippen LogP contribution in [0.4, 0.5) is 5.95 Å². The lowest BCUT2D eigenvalue weighted by atomic mass is 10.0. The van der Waals surface area contributed by atoms with Crippen LogP contribution in [0.5, 0.6) is 0 Å². The van der Waals surface area contributed by atoms with Gasteiger partial charge in [-0.05, 0) is 6.92 Å². The first-order valence-corrected chi connectivity index (χ1v) is 6.66. The van der Waals surface area contributed by atoms with Crippen molar-refractivity contribution in [3.8, 4) is 0 Å². The summed E-state index contributed by atoms with van der Waals surface area (Å²) in [6.45, 7) is 1.05. The second-order valence-corrected chi connectivity index (χ2v) is 5.45. The van der Waals surface area contributed by atoms with Crippen molar-refractivity contribution < 1.29 is 20.1 Å². The normalized spacial score (nSPS) is 32.0. The van der Waals surface area contributed by atoms with Gasteiger partial charge in [-0.15, -0.1) is 0 Å². The van der Waals surface area contributed by atoms with Crippen LogP contribution in [0.3, 0.4) is 0 Å². The summed E-state index contributed by atoms with van der Waals surface area (Å²) >= 11 is 0. The number of aliphatic hydroxyl groups is 3. The number of rotatable bonds is 2. The zero-order valence-electron chi connectivity index (χ0n) is 12.0. The number of ether oxygens (including phenoxy) is 1. The van der Waals surface area contributed by atoms with E-state index in [-0.39, 0.29) is 17.1 Å². The van der Waals surface area contributed by atoms with Gasteiger partial charge in [0, 0.05) is 7.05 Å². The number of fused-ring (bicyclic) bond motifs is 1. The minimum absolute atomic E-state index is 0.0189. The van der Waals surface area contributed by atoms with E-state index in [2.05, 4.69) is 9.97 Å². The standard InChI is InChI=1S/C12H17N5O5/c1-12(8(20)7(19)5(3-18)22-12)17-4-14-6-9(17)15-11(13)16(2)10(6)21/h4-5,7-8,18-20H,3H2,1-2H3,(H2,13,15)/t5-,7-,8-,12-/m1/s1. The SMILES string of the molecule is Cn1c(N)nc2c(ncn2[C@]2(C)O[C@H](CO)[C@@H](O)[C@H]2O)c1=O. The minimum atomic E-state index is -1.44. The van der Waals surface area contributed by atoms with Gasteiger partial charge in [0.1, 0.15) is 18.3 Å². The van der Waals surface area contributed by atoms with E-state index < -0.39 is 36.2 Å². The van der Waals surface area contributed by atoms with E-state index in [9.17, 15) is 20.1 Å². The molecule has 0 aromatic carbocycles. The molecule has 10 heteroatoms. The molecule has 0 radical (unpaired) electrons. The number of nitrogens with zero attached hydrogens (tertiary/aromatic N) is 4. The molecule has 3 rings (SSSR count). The van der Waals surface area contributed by atoms with Crippen molar-refractivity contribution in [3.05, 3.63) is 16.7 Å². The third-order valence-electron chi connectivity index (χ3n) is 4.12. The number of nitrogens with two attached hydrogens (primary N) is 1. The van der Waals surface area contributed by atoms with Crippen LogP contribution in [0.15, 0.2) is 11.1 Å². The summed E-state index contributed by atoms with van der Waals surface area (Å²) in [4.78, 5) is 20.2. The second-order valence-electron chi connectivity index (χ2n) is 5.45. The fourth-order valence-electron chi connectivity index (χ4n) is 2.68. The van der Waals surface area contributed by atoms with Crippen molar-refractivity contribution >= 4 is 17.1 Å². The Hall–Kier alpha value is -2.01. The summed E-state index contributed by atoms with van der Waals surface area (Å²) in [6.07, 6.45) is -2.29. The molecule has 0 aliphatic carbocycles. The molecule has 2 aromatic rings. The van der Waals surface area contributed by atoms with Gasteiger partial charge in [0.05, 0.1) is 12.9 Å². The molecular formula is C12H17N5O5. The van der Waals surface area contributed by atoms with Crippen molar-refractivity contribution in [2.24, 2.45) is 7.05 Å². The third-order valence-corrected chi connectivity index (χ3v) is 4.12. The first-order valence-electron chi connectivity index (χ1n) is 6.66. The summed E-state index contributed by atoms with van der Waals surface area (Å²) in [7, 11) is 1.47. The van der Waals surface area contributed by atoms with Gasteiger partial charge in [-0.2, -0.15) is 4.98 Å². The predicted molar refractivity (Wildman–Crippen MR) is 74.8 cm³/mol. The topological polar surface area (TPSA) is 149 Å². The van der Waals surface area contributed by atoms with Gasteiger partial charge in [0.25, 0.3) is 5.56 Å². The fourth-order valence-corrected chi connectivity index (χ4v) is 2.68. The van der Waals surface area contributed by atoms with Crippen LogP contribution in [-0.4, -0.2) is 59.3 Å². The van der Waals surface area contributed by atoms with Gasteiger partial charge < -0.3 is 25.8 Å². The maximum atomic E-state index is 12.1. The van der Waals surface area contributed by atoms with E-state index in [0.29, 0.717) is 0 Å². The Kier molecular flexibility index (Phi) is 3.22. The minimum Gasteiger partial charge on any atom is -0.394 e. The molecule has 4 atom stereocenters. The lowest BCUT2D eigenvalue weighted by molar-refractivity contribution is -0.132. The van der Waals surface area contributed by atoms with Crippen LogP contribution in [0.1, 0.15) is 6.92 Å². The number of aromatic nitrogens is 4. The van der Waals surface area contributed by atoms with Crippen LogP contribution in [0.25, 0.3) is 11.2 Å². The summed E-state index contributed by atoms with van der Waals surface area (Å²) in [5, 5.41) is 29.4. The molecular weight excluding hydrogens is 294 g/mol. The third kappa shape index (κ3) is 1.78. The van der Waals surface area contributed by atoms with Crippen molar-refractivity contribution in [2.45, 2.75) is 31.0 Å². The Labute approximate surface area is 124 Å². The number of nitrogen functional groups attached to an aromatic ring is 1. The van der Waals surface area contributed by atoms with Crippen molar-refractivity contribution in [1.29, 1.82) is 0 Å². The molecule has 1 fully saturated rings. The number of anilines is 1. The van der Waals surface area contributed by atoms with Gasteiger partial charge in [-0.1, -0.05) is 0 Å². The zero-order chi connectivity index (χ0) is 16.2. The molecule has 120 valence electrons. The lowest BCUT2D eigenvalue weighted by Gasteiger charge is -2.29. The molecule has 1 aliphatic rings. The smallest absolute Gasteiger partial charge is 0.282 e. The molecule has 0 bridgehead atoms. The Morgan fingerprint density at radius 2 is 2.18 bits per heavy atom. The molecule has 3 heterocycles. The van der Waals surface area contributed by atoms with Gasteiger partial charge in [-0.25, -0.2) is 4.98 Å². The van der Waals surface area contributed by atoms with Crippen LogP contribution in [0.2, 0.25) is 0 Å². The second kappa shape index (κ2) is 4.74. The number of imidazole rings is 1. The van der Waals surface area contributed by atoms with E-state index in [4.69, 9.17) is 10.5 Å². The largest absolute Gasteiger partial charge is 0.394 e. The Balaban J connectivity index is 2.21. The molecule has 0 amide bonds. The molecule has 22 heavy (non-hydrogen) atoms. The lowest BCUT2D eigenvalue weighted by Crippen LogP contribution is -2.43. The Morgan fingerprint density at radius 3 is 2.77 bits per heavy atom. The average molecular weight is 311 g/mol. The van der Waals surface area contributed by atoms with E-state index in [1.165, 1.54) is 24.9 Å². The van der Waals surface area contributed by atoms with E-state index >= 15 is 0 Å². The molecule has 1 aliphatic heterocycles. The van der Waals surface area contributed by atoms with E-state index in [0.717, 1.165) is 4.57 Å². The highest BCUT2D eigenvalue weighted by atomic mass is 16.6. The van der Waals surface area contributed by atoms with Crippen molar-refractivity contribution in [3.63, 3.8) is 0 Å². The van der Waals surface area contributed by atoms with Gasteiger partial charge in [0.2, 0.25) is 5.95 Å². The Bertz CT molecular complexity index is 786. The zero-order valence-corrected chi connectivity index (χ0v) is 12.0. The maximum absolute atomic E-state index is 12.1. The number of hydrogen-bond donors (Lipinski definition) is 4. The highest BCUT2D eigenvalue weighted by Gasteiger charge is 2.53. The molecule has 0 unspecified atom stereocenters. The predicted octanol–water partition coefficient (Wildman–Crippen LogP) is -2.50. The molecule has 0 spiro atoms. The van der Waals surface area contributed by atoms with Crippen LogP contribution in [-0.2, 0) is 17.5 Å². The number of aliphatic hydroxyl groups excluding tert-OH is 3. The highest BCUT2D eigenvalue weighted by molar-refractivity contribution is 5.71. The summed E-state index contributed by atoms with van der Waals surface area (Å²) in [6, 6.07) is 0. The highest BCUT2D eigenvalue weighted by Crippen LogP contribution is 2.36. The molecule has 2 aromatic heterocycles. The summed E-state index contributed by atoms with van der Waals surface area (Å²) < 4.78 is 8.06. The number of hydrogen-bond acceptors (Lipinski definition) is 8. The Morgan fingerprint density at radius 1 is 1.50 bits per heavy atom. The van der Waals surface area contributed by atoms with Gasteiger partial charge in [-0.3, -0.25) is 13.9 Å². The maximum Gasteiger partial charge on any atom is 0.282 e. The summed E-state index contributed by atoms with van der Waals surface area (Å²) in [5.74, 6) is -0.0189. The van der Waals surface area contributed by atoms with Gasteiger partial charge in [0.15, 0.2) is 16.9 Å². The molecule has 0 saturated carbocycles. The average Bonchev–Trinajstić information content (AvgIpc) is 3.01. The first kappa shape index (κ1) is 14.9. The van der Waals surface area contributed by atoms with Crippen molar-refractivity contribution in [2.75, 3.05) is 12.3 Å². The quantitative estimate of drug-likeness (QED) is 0.475. The molecule has 10 nitrogen and oxygen atoms in total. The van der Waals surface area contributed by atoms with E-state index in [1.807, 2.05) is 0 Å². The first-order chi connectivity index (χ1) is 10.3. The van der Waals surface area contributed by atoms with Crippen LogP contribution < -0.4 is 11.3 Å². The van der Waals surface area contributed by atoms with Crippen molar-refractivity contribution in [1.82, 2.24) is 19.1 Å². The van der Waals surface area contributed by atoms with E-state index in [1.54, 1.807) is 0 Å². The fraction of sp³-hybridized carbons (Fsp3) is 0.583. The molecule has 5 N–H and O–H groups in total. The monoisotopic (exact) mass is 311 g/mol. The van der Waals surface area contributed by atoms with Crippen LogP contribution in [0, 0.1) is 0 Å². The van der Waals surface area contributed by atoms with Crippen LogP contribution >= 0.6 is 0 Å². The van der Waals surface area contributed by atoms with Gasteiger partial charge >= 0.3 is 0 Å².